The maximum Gasteiger partial charge on any atom is 0.0589 e. The number of hydrogen-bond acceptors (Lipinski definition) is 3. The Bertz CT molecular complexity index is 542. The summed E-state index contributed by atoms with van der Waals surface area (Å²) < 4.78 is 6.09. The summed E-state index contributed by atoms with van der Waals surface area (Å²) in [5, 5.41) is 3.34. The first-order chi connectivity index (χ1) is 9.74. The molecule has 0 fully saturated rings. The van der Waals surface area contributed by atoms with Gasteiger partial charge in [-0.1, -0.05) is 24.3 Å². The highest BCUT2D eigenvalue weighted by Crippen LogP contribution is 2.23. The first-order valence-electron chi connectivity index (χ1n) is 6.60. The SMILES string of the molecule is CNC(c1ccc(CCOC)cc1)c1cncc(Br)c1. The molecule has 1 aromatic heterocycles. The van der Waals surface area contributed by atoms with Gasteiger partial charge < -0.3 is 10.1 Å². The van der Waals surface area contributed by atoms with Gasteiger partial charge in [0.1, 0.15) is 0 Å². The second kappa shape index (κ2) is 7.53. The van der Waals surface area contributed by atoms with Gasteiger partial charge in [0.2, 0.25) is 0 Å². The van der Waals surface area contributed by atoms with Crippen LogP contribution in [0.4, 0.5) is 0 Å². The first kappa shape index (κ1) is 15.2. The van der Waals surface area contributed by atoms with Crippen LogP contribution in [-0.4, -0.2) is 25.7 Å². The number of ether oxygens (including phenoxy) is 1. The summed E-state index contributed by atoms with van der Waals surface area (Å²) in [6.45, 7) is 0.754. The lowest BCUT2D eigenvalue weighted by Gasteiger charge is -2.17. The van der Waals surface area contributed by atoms with Gasteiger partial charge in [-0.15, -0.1) is 0 Å². The van der Waals surface area contributed by atoms with Gasteiger partial charge in [0.15, 0.2) is 0 Å². The Morgan fingerprint density at radius 1 is 1.20 bits per heavy atom. The molecule has 20 heavy (non-hydrogen) atoms. The Morgan fingerprint density at radius 2 is 1.95 bits per heavy atom. The van der Waals surface area contributed by atoms with Crippen LogP contribution in [0.2, 0.25) is 0 Å². The Kier molecular flexibility index (Phi) is 5.71. The molecule has 1 atom stereocenters. The molecule has 1 N–H and O–H groups in total. The molecule has 1 unspecified atom stereocenters. The highest BCUT2D eigenvalue weighted by atomic mass is 79.9. The molecule has 2 rings (SSSR count). The van der Waals surface area contributed by atoms with E-state index >= 15 is 0 Å². The number of hydrogen-bond donors (Lipinski definition) is 1. The van der Waals surface area contributed by atoms with Gasteiger partial charge in [0.05, 0.1) is 12.6 Å². The average molecular weight is 335 g/mol. The third kappa shape index (κ3) is 3.88. The Morgan fingerprint density at radius 3 is 2.55 bits per heavy atom. The normalized spacial score (nSPS) is 12.3. The third-order valence-electron chi connectivity index (χ3n) is 3.26. The summed E-state index contributed by atoms with van der Waals surface area (Å²) in [5.74, 6) is 0. The summed E-state index contributed by atoms with van der Waals surface area (Å²) >= 11 is 3.47. The smallest absolute Gasteiger partial charge is 0.0589 e. The second-order valence-electron chi connectivity index (χ2n) is 4.64. The number of pyridine rings is 1. The van der Waals surface area contributed by atoms with E-state index in [4.69, 9.17) is 4.74 Å². The summed E-state index contributed by atoms with van der Waals surface area (Å²) in [7, 11) is 3.69. The molecular formula is C16H19BrN2O. The van der Waals surface area contributed by atoms with Gasteiger partial charge >= 0.3 is 0 Å². The summed E-state index contributed by atoms with van der Waals surface area (Å²) in [4.78, 5) is 4.23. The minimum atomic E-state index is 0.150. The molecule has 0 aliphatic carbocycles. The molecule has 0 radical (unpaired) electrons. The van der Waals surface area contributed by atoms with Crippen molar-refractivity contribution in [2.24, 2.45) is 0 Å². The van der Waals surface area contributed by atoms with Crippen molar-refractivity contribution in [3.63, 3.8) is 0 Å². The van der Waals surface area contributed by atoms with Gasteiger partial charge in [-0.25, -0.2) is 0 Å². The van der Waals surface area contributed by atoms with Crippen molar-refractivity contribution in [2.45, 2.75) is 12.5 Å². The van der Waals surface area contributed by atoms with Crippen LogP contribution in [0.15, 0.2) is 47.2 Å². The van der Waals surface area contributed by atoms with Gasteiger partial charge in [-0.3, -0.25) is 4.98 Å². The summed E-state index contributed by atoms with van der Waals surface area (Å²) in [5.41, 5.74) is 3.66. The molecule has 0 saturated carbocycles. The molecule has 0 aliphatic rings. The maximum atomic E-state index is 5.10. The number of halogens is 1. The first-order valence-corrected chi connectivity index (χ1v) is 7.39. The molecule has 0 amide bonds. The molecule has 0 aliphatic heterocycles. The predicted octanol–water partition coefficient (Wildman–Crippen LogP) is 3.34. The number of aromatic nitrogens is 1. The van der Waals surface area contributed by atoms with E-state index in [1.807, 2.05) is 13.2 Å². The molecule has 2 aromatic rings. The summed E-state index contributed by atoms with van der Waals surface area (Å²) in [6, 6.07) is 10.9. The maximum absolute atomic E-state index is 5.10. The lowest BCUT2D eigenvalue weighted by Crippen LogP contribution is -2.17. The topological polar surface area (TPSA) is 34.1 Å². The van der Waals surface area contributed by atoms with E-state index < -0.39 is 0 Å². The fourth-order valence-corrected chi connectivity index (χ4v) is 2.59. The number of methoxy groups -OCH3 is 1. The number of benzene rings is 1. The lowest BCUT2D eigenvalue weighted by atomic mass is 9.98. The largest absolute Gasteiger partial charge is 0.384 e. The van der Waals surface area contributed by atoms with Crippen molar-refractivity contribution in [3.05, 3.63) is 63.9 Å². The van der Waals surface area contributed by atoms with E-state index in [1.54, 1.807) is 13.3 Å². The van der Waals surface area contributed by atoms with Gasteiger partial charge in [-0.2, -0.15) is 0 Å². The number of rotatable bonds is 6. The Labute approximate surface area is 128 Å². The highest BCUT2D eigenvalue weighted by Gasteiger charge is 2.12. The minimum Gasteiger partial charge on any atom is -0.384 e. The monoisotopic (exact) mass is 334 g/mol. The van der Waals surface area contributed by atoms with Crippen LogP contribution in [0, 0.1) is 0 Å². The quantitative estimate of drug-likeness (QED) is 0.879. The van der Waals surface area contributed by atoms with E-state index in [1.165, 1.54) is 11.1 Å². The van der Waals surface area contributed by atoms with E-state index in [2.05, 4.69) is 56.6 Å². The molecular weight excluding hydrogens is 316 g/mol. The molecule has 0 bridgehead atoms. The van der Waals surface area contributed by atoms with E-state index in [-0.39, 0.29) is 6.04 Å². The van der Waals surface area contributed by atoms with E-state index in [0.29, 0.717) is 0 Å². The summed E-state index contributed by atoms with van der Waals surface area (Å²) in [6.07, 6.45) is 4.63. The van der Waals surface area contributed by atoms with Crippen LogP contribution in [-0.2, 0) is 11.2 Å². The number of nitrogens with one attached hydrogen (secondary N) is 1. The zero-order valence-corrected chi connectivity index (χ0v) is 13.4. The van der Waals surface area contributed by atoms with Gasteiger partial charge in [0.25, 0.3) is 0 Å². The zero-order chi connectivity index (χ0) is 14.4. The minimum absolute atomic E-state index is 0.150. The molecule has 1 heterocycles. The van der Waals surface area contributed by atoms with Crippen LogP contribution in [0.5, 0.6) is 0 Å². The lowest BCUT2D eigenvalue weighted by molar-refractivity contribution is 0.202. The van der Waals surface area contributed by atoms with Crippen LogP contribution in [0.1, 0.15) is 22.7 Å². The fraction of sp³-hybridized carbons (Fsp3) is 0.312. The second-order valence-corrected chi connectivity index (χ2v) is 5.56. The average Bonchev–Trinajstić information content (AvgIpc) is 2.47. The van der Waals surface area contributed by atoms with Crippen molar-refractivity contribution in [1.29, 1.82) is 0 Å². The fourth-order valence-electron chi connectivity index (χ4n) is 2.21. The molecule has 106 valence electrons. The van der Waals surface area contributed by atoms with Gasteiger partial charge in [-0.05, 0) is 52.2 Å². The molecule has 0 saturated heterocycles. The van der Waals surface area contributed by atoms with Gasteiger partial charge in [0, 0.05) is 24.0 Å². The van der Waals surface area contributed by atoms with Crippen molar-refractivity contribution in [3.8, 4) is 0 Å². The standard InChI is InChI=1S/C16H19BrN2O/c1-18-16(14-9-15(17)11-19-10-14)13-5-3-12(4-6-13)7-8-20-2/h3-6,9-11,16,18H,7-8H2,1-2H3. The van der Waals surface area contributed by atoms with Crippen LogP contribution >= 0.6 is 15.9 Å². The van der Waals surface area contributed by atoms with Crippen molar-refractivity contribution < 1.29 is 4.74 Å². The van der Waals surface area contributed by atoms with Crippen molar-refractivity contribution >= 4 is 15.9 Å². The van der Waals surface area contributed by atoms with E-state index in [0.717, 1.165) is 23.1 Å². The predicted molar refractivity (Wildman–Crippen MR) is 84.9 cm³/mol. The number of nitrogens with zero attached hydrogens (tertiary/aromatic N) is 1. The van der Waals surface area contributed by atoms with Crippen LogP contribution in [0.25, 0.3) is 0 Å². The molecule has 0 spiro atoms. The molecule has 4 heteroatoms. The van der Waals surface area contributed by atoms with Crippen molar-refractivity contribution in [2.75, 3.05) is 20.8 Å². The van der Waals surface area contributed by atoms with E-state index in [9.17, 15) is 0 Å². The molecule has 1 aromatic carbocycles. The zero-order valence-electron chi connectivity index (χ0n) is 11.8. The van der Waals surface area contributed by atoms with Crippen LogP contribution in [0.3, 0.4) is 0 Å². The van der Waals surface area contributed by atoms with Crippen LogP contribution < -0.4 is 5.32 Å². The molecule has 3 nitrogen and oxygen atoms in total. The highest BCUT2D eigenvalue weighted by molar-refractivity contribution is 9.10. The Balaban J connectivity index is 2.19. The van der Waals surface area contributed by atoms with Crippen molar-refractivity contribution in [1.82, 2.24) is 10.3 Å². The third-order valence-corrected chi connectivity index (χ3v) is 3.69. The Hall–Kier alpha value is -1.23.